The van der Waals surface area contributed by atoms with Crippen molar-refractivity contribution in [1.29, 1.82) is 0 Å². The Morgan fingerprint density at radius 1 is 0.833 bits per heavy atom. The highest BCUT2D eigenvalue weighted by atomic mass is 14.4. The smallest absolute Gasteiger partial charge is 0.00268 e. The molecule has 2 aromatic rings. The Balaban J connectivity index is 2.08. The van der Waals surface area contributed by atoms with Gasteiger partial charge in [-0.15, -0.1) is 0 Å². The van der Waals surface area contributed by atoms with E-state index < -0.39 is 0 Å². The summed E-state index contributed by atoms with van der Waals surface area (Å²) < 4.78 is 0. The molecule has 0 radical (unpaired) electrons. The Hall–Kier alpha value is -1.56. The summed E-state index contributed by atoms with van der Waals surface area (Å²) in [4.78, 5) is 0. The fourth-order valence-corrected chi connectivity index (χ4v) is 3.67. The van der Waals surface area contributed by atoms with Gasteiger partial charge in [-0.2, -0.15) is 0 Å². The van der Waals surface area contributed by atoms with Gasteiger partial charge in [-0.3, -0.25) is 0 Å². The topological polar surface area (TPSA) is 0 Å². The zero-order valence-corrected chi connectivity index (χ0v) is 11.1. The molecule has 0 fully saturated rings. The Kier molecular flexibility index (Phi) is 2.95. The van der Waals surface area contributed by atoms with Crippen molar-refractivity contribution >= 4 is 0 Å². The van der Waals surface area contributed by atoms with E-state index in [0.717, 1.165) is 0 Å². The Morgan fingerprint density at radius 2 is 1.44 bits per heavy atom. The Morgan fingerprint density at radius 3 is 2.11 bits per heavy atom. The minimum Gasteiger partial charge on any atom is -0.0648 e. The van der Waals surface area contributed by atoms with Crippen LogP contribution in [0.15, 0.2) is 54.6 Å². The van der Waals surface area contributed by atoms with Crippen molar-refractivity contribution in [3.05, 3.63) is 71.3 Å². The lowest BCUT2D eigenvalue weighted by atomic mass is 9.81. The van der Waals surface area contributed by atoms with Gasteiger partial charge in [0.15, 0.2) is 0 Å². The largest absolute Gasteiger partial charge is 0.0648 e. The Labute approximate surface area is 110 Å². The molecule has 0 heteroatoms. The fourth-order valence-electron chi connectivity index (χ4n) is 3.67. The molecule has 0 nitrogen and oxygen atoms in total. The van der Waals surface area contributed by atoms with Crippen LogP contribution in [0.2, 0.25) is 0 Å². The number of fused-ring (bicyclic) bond motifs is 1. The molecule has 1 aliphatic carbocycles. The molecule has 0 aromatic heterocycles. The average molecular weight is 236 g/mol. The quantitative estimate of drug-likeness (QED) is 0.682. The van der Waals surface area contributed by atoms with Crippen molar-refractivity contribution in [2.24, 2.45) is 0 Å². The normalized spacial score (nSPS) is 26.0. The first kappa shape index (κ1) is 11.5. The molecule has 0 saturated heterocycles. The lowest BCUT2D eigenvalue weighted by Crippen LogP contribution is -2.08. The van der Waals surface area contributed by atoms with E-state index in [2.05, 4.69) is 68.4 Å². The van der Waals surface area contributed by atoms with E-state index in [1.54, 1.807) is 11.1 Å². The van der Waals surface area contributed by atoms with Crippen LogP contribution in [0.3, 0.4) is 0 Å². The third kappa shape index (κ3) is 1.68. The summed E-state index contributed by atoms with van der Waals surface area (Å²) in [5.41, 5.74) is 4.62. The second-order valence-electron chi connectivity index (χ2n) is 5.37. The average Bonchev–Trinajstić information content (AvgIpc) is 2.73. The van der Waals surface area contributed by atoms with E-state index in [-0.39, 0.29) is 0 Å². The second-order valence-corrected chi connectivity index (χ2v) is 5.37. The van der Waals surface area contributed by atoms with Crippen molar-refractivity contribution in [1.82, 2.24) is 0 Å². The summed E-state index contributed by atoms with van der Waals surface area (Å²) in [7, 11) is 0. The van der Waals surface area contributed by atoms with Gasteiger partial charge >= 0.3 is 0 Å². The Bertz CT molecular complexity index is 527. The van der Waals surface area contributed by atoms with Crippen LogP contribution in [0.4, 0.5) is 0 Å². The van der Waals surface area contributed by atoms with Crippen molar-refractivity contribution in [2.45, 2.75) is 38.0 Å². The van der Waals surface area contributed by atoms with Crippen LogP contribution in [-0.2, 0) is 0 Å². The standard InChI is InChI=1S/C18H20/c1-3-15-17-12-8-7-11-16(17)13(2)18(15)14-9-5-4-6-10-14/h4-13,15,18H,3H2,1-2H3. The van der Waals surface area contributed by atoms with Crippen molar-refractivity contribution in [2.75, 3.05) is 0 Å². The third-order valence-electron chi connectivity index (χ3n) is 4.48. The van der Waals surface area contributed by atoms with Crippen LogP contribution in [0.25, 0.3) is 0 Å². The first-order chi connectivity index (χ1) is 8.83. The van der Waals surface area contributed by atoms with Crippen molar-refractivity contribution < 1.29 is 0 Å². The molecule has 18 heavy (non-hydrogen) atoms. The summed E-state index contributed by atoms with van der Waals surface area (Å²) >= 11 is 0. The summed E-state index contributed by atoms with van der Waals surface area (Å²) in [6.07, 6.45) is 1.22. The molecule has 3 atom stereocenters. The number of hydrogen-bond acceptors (Lipinski definition) is 0. The molecule has 2 aromatic carbocycles. The monoisotopic (exact) mass is 236 g/mol. The molecule has 0 N–H and O–H groups in total. The third-order valence-corrected chi connectivity index (χ3v) is 4.48. The zero-order chi connectivity index (χ0) is 12.5. The molecule has 0 amide bonds. The predicted octanol–water partition coefficient (Wildman–Crippen LogP) is 5.08. The highest BCUT2D eigenvalue weighted by Gasteiger charge is 2.37. The van der Waals surface area contributed by atoms with Gasteiger partial charge in [-0.05, 0) is 40.9 Å². The minimum absolute atomic E-state index is 0.633. The zero-order valence-electron chi connectivity index (χ0n) is 11.1. The van der Waals surface area contributed by atoms with E-state index in [9.17, 15) is 0 Å². The highest BCUT2D eigenvalue weighted by molar-refractivity contribution is 5.45. The van der Waals surface area contributed by atoms with Gasteiger partial charge in [0.25, 0.3) is 0 Å². The van der Waals surface area contributed by atoms with Gasteiger partial charge in [0.1, 0.15) is 0 Å². The molecular formula is C18H20. The minimum atomic E-state index is 0.633. The van der Waals surface area contributed by atoms with Gasteiger partial charge < -0.3 is 0 Å². The van der Waals surface area contributed by atoms with Crippen LogP contribution >= 0.6 is 0 Å². The van der Waals surface area contributed by atoms with Crippen LogP contribution in [-0.4, -0.2) is 0 Å². The molecule has 92 valence electrons. The molecule has 0 saturated carbocycles. The fraction of sp³-hybridized carbons (Fsp3) is 0.333. The molecule has 1 aliphatic rings. The van der Waals surface area contributed by atoms with Crippen LogP contribution in [0.5, 0.6) is 0 Å². The van der Waals surface area contributed by atoms with Crippen LogP contribution in [0.1, 0.15) is 54.7 Å². The second kappa shape index (κ2) is 4.61. The van der Waals surface area contributed by atoms with Crippen molar-refractivity contribution in [3.8, 4) is 0 Å². The van der Waals surface area contributed by atoms with E-state index in [4.69, 9.17) is 0 Å². The maximum Gasteiger partial charge on any atom is -0.00268 e. The lowest BCUT2D eigenvalue weighted by molar-refractivity contribution is 0.511. The number of rotatable bonds is 2. The van der Waals surface area contributed by atoms with Gasteiger partial charge in [-0.1, -0.05) is 68.4 Å². The maximum atomic E-state index is 2.38. The molecule has 3 unspecified atom stereocenters. The number of benzene rings is 2. The van der Waals surface area contributed by atoms with Gasteiger partial charge in [0, 0.05) is 0 Å². The SMILES string of the molecule is CCC1c2ccccc2C(C)C1c1ccccc1. The van der Waals surface area contributed by atoms with Crippen LogP contribution in [0, 0.1) is 0 Å². The summed E-state index contributed by atoms with van der Waals surface area (Å²) in [6, 6.07) is 20.0. The molecule has 0 bridgehead atoms. The van der Waals surface area contributed by atoms with Crippen LogP contribution < -0.4 is 0 Å². The molecule has 0 heterocycles. The molecule has 3 rings (SSSR count). The number of hydrogen-bond donors (Lipinski definition) is 0. The van der Waals surface area contributed by atoms with Crippen molar-refractivity contribution in [3.63, 3.8) is 0 Å². The van der Waals surface area contributed by atoms with E-state index in [0.29, 0.717) is 17.8 Å². The molecular weight excluding hydrogens is 216 g/mol. The molecule has 0 spiro atoms. The summed E-state index contributed by atoms with van der Waals surface area (Å²) in [5.74, 6) is 1.96. The lowest BCUT2D eigenvalue weighted by Gasteiger charge is -2.23. The highest BCUT2D eigenvalue weighted by Crippen LogP contribution is 2.52. The van der Waals surface area contributed by atoms with E-state index in [1.165, 1.54) is 12.0 Å². The van der Waals surface area contributed by atoms with Gasteiger partial charge in [0.05, 0.1) is 0 Å². The van der Waals surface area contributed by atoms with Gasteiger partial charge in [0.2, 0.25) is 0 Å². The maximum absolute atomic E-state index is 2.38. The molecule has 0 aliphatic heterocycles. The first-order valence-electron chi connectivity index (χ1n) is 6.96. The van der Waals surface area contributed by atoms with E-state index in [1.807, 2.05) is 0 Å². The summed E-state index contributed by atoms with van der Waals surface area (Å²) in [6.45, 7) is 4.70. The first-order valence-corrected chi connectivity index (χ1v) is 6.96. The predicted molar refractivity (Wildman–Crippen MR) is 77.1 cm³/mol. The summed E-state index contributed by atoms with van der Waals surface area (Å²) in [5, 5.41) is 0. The van der Waals surface area contributed by atoms with E-state index >= 15 is 0 Å². The van der Waals surface area contributed by atoms with Gasteiger partial charge in [-0.25, -0.2) is 0 Å².